The molecule has 0 radical (unpaired) electrons. The molecule has 2 rings (SSSR count). The molecule has 0 unspecified atom stereocenters. The van der Waals surface area contributed by atoms with E-state index in [1.165, 1.54) is 7.11 Å². The molecule has 0 aliphatic heterocycles. The number of methoxy groups -OCH3 is 1. The van der Waals surface area contributed by atoms with E-state index in [0.29, 0.717) is 28.4 Å². The molecule has 4 N–H and O–H groups in total. The Labute approximate surface area is 123 Å². The van der Waals surface area contributed by atoms with Crippen LogP contribution < -0.4 is 15.2 Å². The van der Waals surface area contributed by atoms with Crippen molar-refractivity contribution in [3.05, 3.63) is 35.2 Å². The van der Waals surface area contributed by atoms with Gasteiger partial charge < -0.3 is 10.5 Å². The molecule has 8 heteroatoms. The van der Waals surface area contributed by atoms with Crippen molar-refractivity contribution in [2.75, 3.05) is 11.8 Å². The Bertz CT molecular complexity index is 711. The summed E-state index contributed by atoms with van der Waals surface area (Å²) in [6, 6.07) is 5.18. The van der Waals surface area contributed by atoms with Crippen molar-refractivity contribution in [3.63, 3.8) is 0 Å². The molecule has 1 heterocycles. The standard InChI is InChI=1S/C13H18N4O3S/c1-8-13(9(2)16-15-8)21(18,19)17-12-10(7-14)5-4-6-11(12)20-3/h4-6,17H,7,14H2,1-3H3,(H,15,16). The average molecular weight is 310 g/mol. The molecule has 1 aromatic carbocycles. The summed E-state index contributed by atoms with van der Waals surface area (Å²) in [5.74, 6) is 0.417. The molecule has 0 amide bonds. The van der Waals surface area contributed by atoms with Crippen LogP contribution in [-0.2, 0) is 16.6 Å². The third kappa shape index (κ3) is 2.86. The second-order valence-corrected chi connectivity index (χ2v) is 6.19. The van der Waals surface area contributed by atoms with Gasteiger partial charge in [-0.25, -0.2) is 8.42 Å². The largest absolute Gasteiger partial charge is 0.495 e. The minimum atomic E-state index is -3.78. The van der Waals surface area contributed by atoms with E-state index in [4.69, 9.17) is 10.5 Å². The number of hydrogen-bond donors (Lipinski definition) is 3. The predicted octanol–water partition coefficient (Wildman–Crippen LogP) is 1.29. The van der Waals surface area contributed by atoms with E-state index >= 15 is 0 Å². The van der Waals surface area contributed by atoms with Crippen molar-refractivity contribution in [3.8, 4) is 5.75 Å². The molecule has 7 nitrogen and oxygen atoms in total. The number of H-pyrrole nitrogens is 1. The molecule has 2 aromatic rings. The molecule has 0 saturated heterocycles. The second kappa shape index (κ2) is 5.74. The number of sulfonamides is 1. The summed E-state index contributed by atoms with van der Waals surface area (Å²) in [6.07, 6.45) is 0. The molecule has 114 valence electrons. The van der Waals surface area contributed by atoms with Crippen molar-refractivity contribution < 1.29 is 13.2 Å². The van der Waals surface area contributed by atoms with Crippen LogP contribution in [0, 0.1) is 13.8 Å². The number of benzene rings is 1. The van der Waals surface area contributed by atoms with E-state index < -0.39 is 10.0 Å². The highest BCUT2D eigenvalue weighted by molar-refractivity contribution is 7.92. The molecular weight excluding hydrogens is 292 g/mol. The summed E-state index contributed by atoms with van der Waals surface area (Å²) < 4.78 is 32.9. The first-order valence-corrected chi connectivity index (χ1v) is 7.79. The second-order valence-electron chi connectivity index (χ2n) is 4.57. The number of anilines is 1. The lowest BCUT2D eigenvalue weighted by Gasteiger charge is -2.15. The van der Waals surface area contributed by atoms with Crippen LogP contribution in [0.25, 0.3) is 0 Å². The van der Waals surface area contributed by atoms with Gasteiger partial charge in [-0.1, -0.05) is 12.1 Å². The van der Waals surface area contributed by atoms with E-state index in [2.05, 4.69) is 14.9 Å². The highest BCUT2D eigenvalue weighted by atomic mass is 32.2. The number of nitrogens with one attached hydrogen (secondary N) is 2. The lowest BCUT2D eigenvalue weighted by Crippen LogP contribution is -2.17. The number of rotatable bonds is 5. The van der Waals surface area contributed by atoms with E-state index in [1.807, 2.05) is 0 Å². The number of ether oxygens (including phenoxy) is 1. The average Bonchev–Trinajstić information content (AvgIpc) is 2.78. The number of aromatic nitrogens is 2. The van der Waals surface area contributed by atoms with Crippen LogP contribution in [0.15, 0.2) is 23.1 Å². The first kappa shape index (κ1) is 15.3. The number of nitrogens with two attached hydrogens (primary N) is 1. The van der Waals surface area contributed by atoms with Gasteiger partial charge in [0.2, 0.25) is 0 Å². The molecule has 0 spiro atoms. The Morgan fingerprint density at radius 1 is 1.38 bits per heavy atom. The van der Waals surface area contributed by atoms with Gasteiger partial charge in [0.05, 0.1) is 24.2 Å². The molecule has 0 aliphatic rings. The van der Waals surface area contributed by atoms with Crippen LogP contribution in [-0.4, -0.2) is 25.7 Å². The van der Waals surface area contributed by atoms with Crippen molar-refractivity contribution in [2.45, 2.75) is 25.3 Å². The molecule has 0 saturated carbocycles. The molecular formula is C13H18N4O3S. The van der Waals surface area contributed by atoms with Crippen LogP contribution >= 0.6 is 0 Å². The van der Waals surface area contributed by atoms with Gasteiger partial charge in [-0.3, -0.25) is 9.82 Å². The van der Waals surface area contributed by atoms with Crippen LogP contribution in [0.5, 0.6) is 5.75 Å². The zero-order valence-electron chi connectivity index (χ0n) is 12.1. The first-order valence-electron chi connectivity index (χ1n) is 6.31. The van der Waals surface area contributed by atoms with E-state index in [0.717, 1.165) is 0 Å². The highest BCUT2D eigenvalue weighted by Gasteiger charge is 2.24. The van der Waals surface area contributed by atoms with Gasteiger partial charge in [0.1, 0.15) is 10.6 Å². The zero-order chi connectivity index (χ0) is 15.6. The van der Waals surface area contributed by atoms with Crippen LogP contribution in [0.2, 0.25) is 0 Å². The van der Waals surface area contributed by atoms with Gasteiger partial charge >= 0.3 is 0 Å². The van der Waals surface area contributed by atoms with Gasteiger partial charge in [-0.15, -0.1) is 0 Å². The van der Waals surface area contributed by atoms with E-state index in [-0.39, 0.29) is 11.4 Å². The maximum atomic E-state index is 12.6. The smallest absolute Gasteiger partial charge is 0.265 e. The number of para-hydroxylation sites is 1. The first-order chi connectivity index (χ1) is 9.90. The highest BCUT2D eigenvalue weighted by Crippen LogP contribution is 2.31. The van der Waals surface area contributed by atoms with Crippen LogP contribution in [0.4, 0.5) is 5.69 Å². The SMILES string of the molecule is COc1cccc(CN)c1NS(=O)(=O)c1c(C)n[nH]c1C. The Balaban J connectivity index is 2.51. The maximum absolute atomic E-state index is 12.6. The van der Waals surface area contributed by atoms with Gasteiger partial charge in [-0.2, -0.15) is 5.10 Å². The molecule has 1 aromatic heterocycles. The Kier molecular flexibility index (Phi) is 4.19. The van der Waals surface area contributed by atoms with E-state index in [9.17, 15) is 8.42 Å². The summed E-state index contributed by atoms with van der Waals surface area (Å²) in [4.78, 5) is 0.136. The molecule has 21 heavy (non-hydrogen) atoms. The fourth-order valence-corrected chi connectivity index (χ4v) is 3.64. The number of aryl methyl sites for hydroxylation is 2. The van der Waals surface area contributed by atoms with Crippen molar-refractivity contribution in [2.24, 2.45) is 5.73 Å². The topological polar surface area (TPSA) is 110 Å². The lowest BCUT2D eigenvalue weighted by atomic mass is 10.1. The predicted molar refractivity (Wildman–Crippen MR) is 79.8 cm³/mol. The Hall–Kier alpha value is -2.06. The number of hydrogen-bond acceptors (Lipinski definition) is 5. The fourth-order valence-electron chi connectivity index (χ4n) is 2.15. The number of nitrogens with zero attached hydrogens (tertiary/aromatic N) is 1. The molecule has 0 bridgehead atoms. The third-order valence-electron chi connectivity index (χ3n) is 3.12. The Morgan fingerprint density at radius 3 is 2.62 bits per heavy atom. The minimum absolute atomic E-state index is 0.136. The van der Waals surface area contributed by atoms with Crippen molar-refractivity contribution in [1.29, 1.82) is 0 Å². The minimum Gasteiger partial charge on any atom is -0.495 e. The zero-order valence-corrected chi connectivity index (χ0v) is 12.9. The normalized spacial score (nSPS) is 11.4. The van der Waals surface area contributed by atoms with Gasteiger partial charge in [0.25, 0.3) is 10.0 Å². The third-order valence-corrected chi connectivity index (χ3v) is 4.73. The molecule has 0 aliphatic carbocycles. The summed E-state index contributed by atoms with van der Waals surface area (Å²) in [5.41, 5.74) is 7.54. The fraction of sp³-hybridized carbons (Fsp3) is 0.308. The Morgan fingerprint density at radius 2 is 2.10 bits per heavy atom. The van der Waals surface area contributed by atoms with Gasteiger partial charge in [0.15, 0.2) is 0 Å². The molecule has 0 fully saturated rings. The summed E-state index contributed by atoms with van der Waals surface area (Å²) in [5, 5.41) is 6.57. The van der Waals surface area contributed by atoms with Gasteiger partial charge in [0, 0.05) is 6.54 Å². The quantitative estimate of drug-likeness (QED) is 0.771. The van der Waals surface area contributed by atoms with Crippen LogP contribution in [0.3, 0.4) is 0 Å². The van der Waals surface area contributed by atoms with Crippen LogP contribution in [0.1, 0.15) is 17.0 Å². The van der Waals surface area contributed by atoms with Gasteiger partial charge in [-0.05, 0) is 25.5 Å². The number of aromatic amines is 1. The van der Waals surface area contributed by atoms with Crippen molar-refractivity contribution in [1.82, 2.24) is 10.2 Å². The summed E-state index contributed by atoms with van der Waals surface area (Å²) >= 11 is 0. The lowest BCUT2D eigenvalue weighted by molar-refractivity contribution is 0.416. The maximum Gasteiger partial charge on any atom is 0.265 e. The van der Waals surface area contributed by atoms with E-state index in [1.54, 1.807) is 32.0 Å². The monoisotopic (exact) mass is 310 g/mol. The molecule has 0 atom stereocenters. The van der Waals surface area contributed by atoms with Crippen molar-refractivity contribution >= 4 is 15.7 Å². The summed E-state index contributed by atoms with van der Waals surface area (Å²) in [6.45, 7) is 3.48. The summed E-state index contributed by atoms with van der Waals surface area (Å²) in [7, 11) is -2.30.